The zero-order valence-corrected chi connectivity index (χ0v) is 18.8. The first kappa shape index (κ1) is 24.3. The van der Waals surface area contributed by atoms with E-state index in [-0.39, 0.29) is 11.1 Å². The Morgan fingerprint density at radius 1 is 0.622 bits per heavy atom. The second kappa shape index (κ2) is 7.82. The SMILES string of the molecule is O=C1OC(=O)c2cc(C(c3cccc(S(=O)(=O)O)c3)(c3ccc4c(c3)C(=O)OC4=O)C(F)(F)F)ccc21. The molecule has 0 amide bonds. The number of benzene rings is 3. The minimum absolute atomic E-state index is 0.278. The van der Waals surface area contributed by atoms with Crippen LogP contribution in [0.1, 0.15) is 58.1 Å². The Hall–Kier alpha value is -4.36. The van der Waals surface area contributed by atoms with E-state index >= 15 is 13.2 Å². The summed E-state index contributed by atoms with van der Waals surface area (Å²) in [7, 11) is -4.95. The Labute approximate surface area is 205 Å². The molecule has 0 spiro atoms. The van der Waals surface area contributed by atoms with Gasteiger partial charge in [0.05, 0.1) is 27.1 Å². The maximum absolute atomic E-state index is 15.3. The van der Waals surface area contributed by atoms with Crippen molar-refractivity contribution in [3.8, 4) is 0 Å². The summed E-state index contributed by atoms with van der Waals surface area (Å²) in [6.07, 6.45) is -5.29. The maximum atomic E-state index is 15.3. The molecule has 3 aromatic carbocycles. The number of carbonyl (C=O) groups excluding carboxylic acids is 4. The number of carbonyl (C=O) groups is 4. The van der Waals surface area contributed by atoms with Gasteiger partial charge in [-0.15, -0.1) is 0 Å². The van der Waals surface area contributed by atoms with E-state index in [0.29, 0.717) is 6.07 Å². The monoisotopic (exact) mass is 532 g/mol. The molecule has 5 rings (SSSR count). The lowest BCUT2D eigenvalue weighted by atomic mass is 9.68. The number of hydrogen-bond donors (Lipinski definition) is 1. The van der Waals surface area contributed by atoms with Gasteiger partial charge in [0.15, 0.2) is 0 Å². The summed E-state index contributed by atoms with van der Waals surface area (Å²) in [5.41, 5.74) is -6.75. The molecule has 9 nitrogen and oxygen atoms in total. The van der Waals surface area contributed by atoms with Crippen LogP contribution in [0.25, 0.3) is 0 Å². The normalized spacial score (nSPS) is 15.4. The summed E-state index contributed by atoms with van der Waals surface area (Å²) >= 11 is 0. The first-order valence-electron chi connectivity index (χ1n) is 10.2. The number of cyclic esters (lactones) is 4. The van der Waals surface area contributed by atoms with E-state index in [4.69, 9.17) is 0 Å². The zero-order valence-electron chi connectivity index (χ0n) is 18.0. The van der Waals surface area contributed by atoms with Gasteiger partial charge in [-0.25, -0.2) is 19.2 Å². The van der Waals surface area contributed by atoms with E-state index in [1.807, 2.05) is 0 Å². The third kappa shape index (κ3) is 3.54. The van der Waals surface area contributed by atoms with Gasteiger partial charge in [0.2, 0.25) is 0 Å². The number of hydrogen-bond acceptors (Lipinski definition) is 8. The first-order valence-corrected chi connectivity index (χ1v) is 11.7. The Kier molecular flexibility index (Phi) is 5.14. The molecule has 2 aliphatic heterocycles. The fourth-order valence-electron chi connectivity index (χ4n) is 4.52. The fourth-order valence-corrected chi connectivity index (χ4v) is 5.04. The van der Waals surface area contributed by atoms with Gasteiger partial charge in [0, 0.05) is 0 Å². The van der Waals surface area contributed by atoms with Crippen LogP contribution < -0.4 is 0 Å². The topological polar surface area (TPSA) is 141 Å². The van der Waals surface area contributed by atoms with Crippen LogP contribution in [0, 0.1) is 0 Å². The molecule has 0 fully saturated rings. The van der Waals surface area contributed by atoms with Crippen molar-refractivity contribution in [3.05, 3.63) is 99.6 Å². The van der Waals surface area contributed by atoms with Crippen LogP contribution in [-0.2, 0) is 25.0 Å². The van der Waals surface area contributed by atoms with Gasteiger partial charge >= 0.3 is 30.1 Å². The van der Waals surface area contributed by atoms with Crippen molar-refractivity contribution in [3.63, 3.8) is 0 Å². The molecule has 0 aliphatic carbocycles. The lowest BCUT2D eigenvalue weighted by molar-refractivity contribution is -0.166. The van der Waals surface area contributed by atoms with Crippen molar-refractivity contribution in [2.24, 2.45) is 0 Å². The molecule has 0 atom stereocenters. The molecular weight excluding hydrogens is 521 g/mol. The van der Waals surface area contributed by atoms with Gasteiger partial charge in [-0.2, -0.15) is 21.6 Å². The largest absolute Gasteiger partial charge is 0.406 e. The Bertz CT molecular complexity index is 1600. The van der Waals surface area contributed by atoms with Crippen molar-refractivity contribution >= 4 is 34.0 Å². The maximum Gasteiger partial charge on any atom is 0.406 e. The number of halogens is 3. The van der Waals surface area contributed by atoms with Gasteiger partial charge in [0.25, 0.3) is 10.1 Å². The molecule has 0 saturated carbocycles. The quantitative estimate of drug-likeness (QED) is 0.231. The minimum Gasteiger partial charge on any atom is -0.386 e. The molecule has 37 heavy (non-hydrogen) atoms. The molecular formula is C24H11F3O9S. The standard InChI is InChI=1S/C24H11F3O9S/c25-24(26,27)23(11-2-1-3-14(8-11)37(32,33)34,12-4-6-15-17(9-12)21(30)35-19(15)28)13-5-7-16-18(10-13)22(31)36-20(16)29/h1-10H,(H,32,33,34). The van der Waals surface area contributed by atoms with Gasteiger partial charge in [-0.3, -0.25) is 4.55 Å². The van der Waals surface area contributed by atoms with Crippen LogP contribution in [-0.4, -0.2) is 43.0 Å². The van der Waals surface area contributed by atoms with E-state index < -0.39 is 78.3 Å². The van der Waals surface area contributed by atoms with Crippen molar-refractivity contribution < 1.29 is 54.8 Å². The highest BCUT2D eigenvalue weighted by Gasteiger charge is 2.59. The third-order valence-electron chi connectivity index (χ3n) is 6.15. The highest BCUT2D eigenvalue weighted by molar-refractivity contribution is 7.85. The molecule has 0 unspecified atom stereocenters. The van der Waals surface area contributed by atoms with E-state index in [0.717, 1.165) is 54.6 Å². The summed E-state index contributed by atoms with van der Waals surface area (Å²) in [4.78, 5) is 47.2. The molecule has 2 heterocycles. The summed E-state index contributed by atoms with van der Waals surface area (Å²) in [6.45, 7) is 0. The molecule has 13 heteroatoms. The van der Waals surface area contributed by atoms with E-state index in [1.165, 1.54) is 0 Å². The fraction of sp³-hybridized carbons (Fsp3) is 0.0833. The van der Waals surface area contributed by atoms with Crippen LogP contribution in [0.2, 0.25) is 0 Å². The van der Waals surface area contributed by atoms with Crippen molar-refractivity contribution in [1.29, 1.82) is 0 Å². The summed E-state index contributed by atoms with van der Waals surface area (Å²) in [5, 5.41) is 0. The second-order valence-electron chi connectivity index (χ2n) is 8.13. The van der Waals surface area contributed by atoms with Crippen LogP contribution in [0.15, 0.2) is 65.6 Å². The van der Waals surface area contributed by atoms with Crippen molar-refractivity contribution in [1.82, 2.24) is 0 Å². The smallest absolute Gasteiger partial charge is 0.386 e. The summed E-state index contributed by atoms with van der Waals surface area (Å²) in [6, 6.07) is 8.66. The van der Waals surface area contributed by atoms with Crippen LogP contribution in [0.3, 0.4) is 0 Å². The first-order chi connectivity index (χ1) is 17.2. The van der Waals surface area contributed by atoms with Crippen LogP contribution in [0.4, 0.5) is 13.2 Å². The molecule has 188 valence electrons. The number of rotatable bonds is 4. The minimum atomic E-state index is -5.29. The van der Waals surface area contributed by atoms with Gasteiger partial charge in [0.1, 0.15) is 5.41 Å². The number of fused-ring (bicyclic) bond motifs is 2. The molecule has 0 radical (unpaired) electrons. The highest BCUT2D eigenvalue weighted by Crippen LogP contribution is 2.52. The summed E-state index contributed by atoms with van der Waals surface area (Å²) < 4.78 is 88.0. The molecule has 0 aromatic heterocycles. The van der Waals surface area contributed by atoms with Crippen molar-refractivity contribution in [2.45, 2.75) is 16.5 Å². The predicted molar refractivity (Wildman–Crippen MR) is 115 cm³/mol. The van der Waals surface area contributed by atoms with Crippen LogP contribution >= 0.6 is 0 Å². The van der Waals surface area contributed by atoms with Gasteiger partial charge < -0.3 is 9.47 Å². The van der Waals surface area contributed by atoms with Crippen LogP contribution in [0.5, 0.6) is 0 Å². The Balaban J connectivity index is 1.91. The molecule has 0 saturated heterocycles. The second-order valence-corrected chi connectivity index (χ2v) is 9.55. The summed E-state index contributed by atoms with van der Waals surface area (Å²) in [5.74, 6) is -4.49. The van der Waals surface area contributed by atoms with Gasteiger partial charge in [-0.05, 0) is 53.1 Å². The van der Waals surface area contributed by atoms with Crippen molar-refractivity contribution in [2.75, 3.05) is 0 Å². The number of ether oxygens (including phenoxy) is 2. The third-order valence-corrected chi connectivity index (χ3v) is 7.00. The zero-order chi connectivity index (χ0) is 26.9. The Morgan fingerprint density at radius 2 is 1.05 bits per heavy atom. The average Bonchev–Trinajstić information content (AvgIpc) is 3.27. The number of alkyl halides is 3. The van der Waals surface area contributed by atoms with E-state index in [9.17, 15) is 32.1 Å². The highest BCUT2D eigenvalue weighted by atomic mass is 32.2. The molecule has 2 aliphatic rings. The van der Waals surface area contributed by atoms with E-state index in [1.54, 1.807) is 0 Å². The predicted octanol–water partition coefficient (Wildman–Crippen LogP) is 3.45. The van der Waals surface area contributed by atoms with Gasteiger partial charge in [-0.1, -0.05) is 24.3 Å². The average molecular weight is 532 g/mol. The van der Waals surface area contributed by atoms with E-state index in [2.05, 4.69) is 9.47 Å². The molecule has 3 aromatic rings. The number of esters is 4. The Morgan fingerprint density at radius 3 is 1.49 bits per heavy atom. The molecule has 0 bridgehead atoms. The lowest BCUT2D eigenvalue weighted by Gasteiger charge is -2.38. The molecule has 1 N–H and O–H groups in total. The lowest BCUT2D eigenvalue weighted by Crippen LogP contribution is -2.45.